The van der Waals surface area contributed by atoms with Crippen LogP contribution in [0.25, 0.3) is 0 Å². The number of carbonyl (C=O) groups is 1. The number of hydrogen-bond donors (Lipinski definition) is 3. The lowest BCUT2D eigenvalue weighted by Gasteiger charge is -2.11. The van der Waals surface area contributed by atoms with Gasteiger partial charge in [-0.1, -0.05) is 29.8 Å². The van der Waals surface area contributed by atoms with Gasteiger partial charge in [-0.05, 0) is 43.2 Å². The first-order chi connectivity index (χ1) is 9.54. The number of anilines is 2. The van der Waals surface area contributed by atoms with Crippen LogP contribution in [-0.4, -0.2) is 6.03 Å². The molecule has 0 bridgehead atoms. The Balaban J connectivity index is 2.05. The first-order valence-corrected chi connectivity index (χ1v) is 6.51. The van der Waals surface area contributed by atoms with Crippen LogP contribution in [0.5, 0.6) is 0 Å². The summed E-state index contributed by atoms with van der Waals surface area (Å²) in [6.07, 6.45) is 0. The van der Waals surface area contributed by atoms with E-state index >= 15 is 0 Å². The number of primary amides is 1. The first kappa shape index (κ1) is 13.9. The fourth-order valence-electron chi connectivity index (χ4n) is 2.09. The Bertz CT molecular complexity index is 623. The van der Waals surface area contributed by atoms with Gasteiger partial charge in [0.2, 0.25) is 0 Å². The highest BCUT2D eigenvalue weighted by Gasteiger charge is 2.01. The molecule has 0 heterocycles. The minimum Gasteiger partial charge on any atom is -0.381 e. The third kappa shape index (κ3) is 3.75. The Morgan fingerprint density at radius 2 is 1.85 bits per heavy atom. The maximum Gasteiger partial charge on any atom is 0.316 e. The van der Waals surface area contributed by atoms with E-state index in [4.69, 9.17) is 5.73 Å². The van der Waals surface area contributed by atoms with Gasteiger partial charge in [0.15, 0.2) is 0 Å². The lowest BCUT2D eigenvalue weighted by molar-refractivity contribution is 0.259. The molecule has 2 amide bonds. The summed E-state index contributed by atoms with van der Waals surface area (Å²) >= 11 is 0. The van der Waals surface area contributed by atoms with Gasteiger partial charge in [-0.15, -0.1) is 0 Å². The minimum atomic E-state index is -0.559. The van der Waals surface area contributed by atoms with Crippen LogP contribution in [0.2, 0.25) is 0 Å². The highest BCUT2D eigenvalue weighted by molar-refractivity contribution is 5.88. The Hall–Kier alpha value is -2.49. The monoisotopic (exact) mass is 269 g/mol. The van der Waals surface area contributed by atoms with E-state index in [0.717, 1.165) is 12.2 Å². The Morgan fingerprint density at radius 3 is 2.55 bits per heavy atom. The predicted molar refractivity (Wildman–Crippen MR) is 82.9 cm³/mol. The van der Waals surface area contributed by atoms with Crippen LogP contribution in [0.1, 0.15) is 16.7 Å². The summed E-state index contributed by atoms with van der Waals surface area (Å²) in [6.45, 7) is 4.93. The summed E-state index contributed by atoms with van der Waals surface area (Å²) in [4.78, 5) is 10.8. The van der Waals surface area contributed by atoms with E-state index in [9.17, 15) is 4.79 Å². The van der Waals surface area contributed by atoms with Crippen molar-refractivity contribution in [2.45, 2.75) is 20.4 Å². The molecule has 0 aliphatic carbocycles. The maximum absolute atomic E-state index is 10.8. The van der Waals surface area contributed by atoms with E-state index < -0.39 is 6.03 Å². The molecule has 0 saturated carbocycles. The zero-order chi connectivity index (χ0) is 14.5. The van der Waals surface area contributed by atoms with E-state index in [1.54, 1.807) is 6.07 Å². The number of nitrogens with two attached hydrogens (primary N) is 1. The second kappa shape index (κ2) is 6.10. The average molecular weight is 269 g/mol. The molecular weight excluding hydrogens is 250 g/mol. The van der Waals surface area contributed by atoms with E-state index in [1.807, 2.05) is 18.2 Å². The molecule has 2 aromatic rings. The summed E-state index contributed by atoms with van der Waals surface area (Å²) in [7, 11) is 0. The van der Waals surface area contributed by atoms with Crippen LogP contribution in [-0.2, 0) is 6.54 Å². The normalized spacial score (nSPS) is 10.1. The topological polar surface area (TPSA) is 67.2 Å². The molecule has 0 unspecified atom stereocenters. The van der Waals surface area contributed by atoms with Crippen LogP contribution in [0, 0.1) is 13.8 Å². The third-order valence-electron chi connectivity index (χ3n) is 3.11. The number of aryl methyl sites for hydroxylation is 2. The number of nitrogens with one attached hydrogen (secondary N) is 2. The second-order valence-corrected chi connectivity index (χ2v) is 4.85. The van der Waals surface area contributed by atoms with Gasteiger partial charge < -0.3 is 16.4 Å². The van der Waals surface area contributed by atoms with Crippen LogP contribution in [0.4, 0.5) is 16.2 Å². The fraction of sp³-hybridized carbons (Fsp3) is 0.188. The van der Waals surface area contributed by atoms with Crippen LogP contribution in [0.3, 0.4) is 0 Å². The highest BCUT2D eigenvalue weighted by Crippen LogP contribution is 2.17. The van der Waals surface area contributed by atoms with Crippen molar-refractivity contribution in [1.82, 2.24) is 0 Å². The second-order valence-electron chi connectivity index (χ2n) is 4.85. The third-order valence-corrected chi connectivity index (χ3v) is 3.11. The standard InChI is InChI=1S/C16H19N3O/c1-11-6-7-13(12(2)8-11)10-18-14-4-3-5-15(9-14)19-16(17)20/h3-9,18H,10H2,1-2H3,(H3,17,19,20). The number of benzene rings is 2. The molecule has 0 saturated heterocycles. The molecule has 0 radical (unpaired) electrons. The van der Waals surface area contributed by atoms with Gasteiger partial charge in [0, 0.05) is 17.9 Å². The lowest BCUT2D eigenvalue weighted by Crippen LogP contribution is -2.19. The first-order valence-electron chi connectivity index (χ1n) is 6.51. The predicted octanol–water partition coefficient (Wildman–Crippen LogP) is 3.41. The molecule has 0 aliphatic rings. The zero-order valence-electron chi connectivity index (χ0n) is 11.7. The average Bonchev–Trinajstić information content (AvgIpc) is 2.37. The molecule has 20 heavy (non-hydrogen) atoms. The Kier molecular flexibility index (Phi) is 4.25. The molecule has 4 nitrogen and oxygen atoms in total. The summed E-state index contributed by atoms with van der Waals surface area (Å²) < 4.78 is 0. The highest BCUT2D eigenvalue weighted by atomic mass is 16.2. The summed E-state index contributed by atoms with van der Waals surface area (Å²) in [6, 6.07) is 13.3. The summed E-state index contributed by atoms with van der Waals surface area (Å²) in [5.74, 6) is 0. The molecular formula is C16H19N3O. The molecule has 4 heteroatoms. The lowest BCUT2D eigenvalue weighted by atomic mass is 10.1. The molecule has 0 fully saturated rings. The van der Waals surface area contributed by atoms with Gasteiger partial charge in [0.1, 0.15) is 0 Å². The zero-order valence-corrected chi connectivity index (χ0v) is 11.7. The number of hydrogen-bond acceptors (Lipinski definition) is 2. The Morgan fingerprint density at radius 1 is 1.10 bits per heavy atom. The van der Waals surface area contributed by atoms with Crippen LogP contribution >= 0.6 is 0 Å². The van der Waals surface area contributed by atoms with Crippen molar-refractivity contribution >= 4 is 17.4 Å². The van der Waals surface area contributed by atoms with Gasteiger partial charge in [-0.3, -0.25) is 0 Å². The number of carbonyl (C=O) groups excluding carboxylic acids is 1. The van der Waals surface area contributed by atoms with Gasteiger partial charge in [0.25, 0.3) is 0 Å². The Labute approximate surface area is 119 Å². The number of urea groups is 1. The largest absolute Gasteiger partial charge is 0.381 e. The van der Waals surface area contributed by atoms with Crippen molar-refractivity contribution in [3.05, 3.63) is 59.2 Å². The SMILES string of the molecule is Cc1ccc(CNc2cccc(NC(N)=O)c2)c(C)c1. The molecule has 0 aliphatic heterocycles. The molecule has 0 aromatic heterocycles. The number of rotatable bonds is 4. The molecule has 0 atom stereocenters. The van der Waals surface area contributed by atoms with Crippen molar-refractivity contribution < 1.29 is 4.79 Å². The van der Waals surface area contributed by atoms with E-state index in [-0.39, 0.29) is 0 Å². The maximum atomic E-state index is 10.8. The smallest absolute Gasteiger partial charge is 0.316 e. The minimum absolute atomic E-state index is 0.559. The van der Waals surface area contributed by atoms with Gasteiger partial charge in [0.05, 0.1) is 0 Å². The van der Waals surface area contributed by atoms with Crippen molar-refractivity contribution in [3.63, 3.8) is 0 Å². The fourth-order valence-corrected chi connectivity index (χ4v) is 2.09. The van der Waals surface area contributed by atoms with Crippen LogP contribution < -0.4 is 16.4 Å². The molecule has 2 rings (SSSR count). The summed E-state index contributed by atoms with van der Waals surface area (Å²) in [5.41, 5.74) is 10.5. The summed E-state index contributed by atoms with van der Waals surface area (Å²) in [5, 5.41) is 5.90. The van der Waals surface area contributed by atoms with Gasteiger partial charge in [-0.25, -0.2) is 4.79 Å². The van der Waals surface area contributed by atoms with Crippen molar-refractivity contribution in [2.24, 2.45) is 5.73 Å². The van der Waals surface area contributed by atoms with Crippen molar-refractivity contribution in [1.29, 1.82) is 0 Å². The molecule has 0 spiro atoms. The van der Waals surface area contributed by atoms with Crippen LogP contribution in [0.15, 0.2) is 42.5 Å². The quantitative estimate of drug-likeness (QED) is 0.796. The molecule has 104 valence electrons. The van der Waals surface area contributed by atoms with Gasteiger partial charge >= 0.3 is 6.03 Å². The van der Waals surface area contributed by atoms with E-state index in [0.29, 0.717) is 5.69 Å². The molecule has 4 N–H and O–H groups in total. The van der Waals surface area contributed by atoms with Crippen molar-refractivity contribution in [2.75, 3.05) is 10.6 Å². The van der Waals surface area contributed by atoms with E-state index in [1.165, 1.54) is 16.7 Å². The van der Waals surface area contributed by atoms with Gasteiger partial charge in [-0.2, -0.15) is 0 Å². The van der Waals surface area contributed by atoms with E-state index in [2.05, 4.69) is 42.7 Å². The molecule has 2 aromatic carbocycles. The van der Waals surface area contributed by atoms with Crippen molar-refractivity contribution in [3.8, 4) is 0 Å². The number of amides is 2.